The number of nitrogens with one attached hydrogen (secondary N) is 2. The van der Waals surface area contributed by atoms with Gasteiger partial charge in [-0.3, -0.25) is 9.59 Å². The van der Waals surface area contributed by atoms with E-state index in [1.165, 1.54) is 0 Å². The van der Waals surface area contributed by atoms with Crippen molar-refractivity contribution in [2.24, 2.45) is 0 Å². The van der Waals surface area contributed by atoms with E-state index in [1.807, 2.05) is 19.1 Å². The minimum atomic E-state index is -0.700. The highest BCUT2D eigenvalue weighted by Crippen LogP contribution is 2.17. The van der Waals surface area contributed by atoms with Crippen molar-refractivity contribution in [2.45, 2.75) is 26.7 Å². The lowest BCUT2D eigenvalue weighted by Gasteiger charge is -2.10. The van der Waals surface area contributed by atoms with Crippen LogP contribution in [-0.2, 0) is 0 Å². The summed E-state index contributed by atoms with van der Waals surface area (Å²) in [4.78, 5) is 40.1. The predicted molar refractivity (Wildman–Crippen MR) is 112 cm³/mol. The Kier molecular flexibility index (Phi) is 5.97. The van der Waals surface area contributed by atoms with Crippen LogP contribution in [0.1, 0.15) is 42.6 Å². The van der Waals surface area contributed by atoms with Gasteiger partial charge >= 0.3 is 5.69 Å². The summed E-state index contributed by atoms with van der Waals surface area (Å²) >= 11 is 0. The summed E-state index contributed by atoms with van der Waals surface area (Å²) in [7, 11) is 0. The summed E-state index contributed by atoms with van der Waals surface area (Å²) in [6.45, 7) is 6.53. The average molecular weight is 393 g/mol. The Balaban J connectivity index is 1.90. The van der Waals surface area contributed by atoms with Gasteiger partial charge in [0.05, 0.1) is 12.3 Å². The van der Waals surface area contributed by atoms with Gasteiger partial charge in [0, 0.05) is 11.9 Å². The number of aromatic nitrogens is 2. The zero-order valence-electron chi connectivity index (χ0n) is 16.6. The van der Waals surface area contributed by atoms with Gasteiger partial charge in [0.1, 0.15) is 11.3 Å². The molecule has 1 aromatic heterocycles. The molecule has 3 aromatic rings. The molecule has 0 atom stereocenters. The van der Waals surface area contributed by atoms with Gasteiger partial charge in [0.2, 0.25) is 0 Å². The van der Waals surface area contributed by atoms with Crippen LogP contribution < -0.4 is 21.3 Å². The molecule has 0 aliphatic rings. The molecule has 1 heterocycles. The standard InChI is InChI=1S/C22H23N3O4/c1-4-29-18-11-9-17(10-12-18)25-21(27)19(13-23-22(25)28)20(26)24-16-7-5-15(6-8-16)14(2)3/h5-14H,4H2,1-3H3,(H,23,28)(H,24,26). The number of H-pyrrole nitrogens is 1. The first kappa shape index (κ1) is 20.1. The van der Waals surface area contributed by atoms with Gasteiger partial charge in [-0.15, -0.1) is 0 Å². The summed E-state index contributed by atoms with van der Waals surface area (Å²) < 4.78 is 6.29. The molecule has 0 bridgehead atoms. The second-order valence-electron chi connectivity index (χ2n) is 6.81. The molecule has 29 heavy (non-hydrogen) atoms. The fraction of sp³-hybridized carbons (Fsp3) is 0.227. The lowest BCUT2D eigenvalue weighted by atomic mass is 10.0. The topological polar surface area (TPSA) is 93.2 Å². The summed E-state index contributed by atoms with van der Waals surface area (Å²) in [6.07, 6.45) is 1.13. The van der Waals surface area contributed by atoms with Gasteiger partial charge < -0.3 is 15.0 Å². The quantitative estimate of drug-likeness (QED) is 0.672. The normalized spacial score (nSPS) is 10.8. The number of hydrogen-bond donors (Lipinski definition) is 2. The highest BCUT2D eigenvalue weighted by molar-refractivity contribution is 6.03. The number of ether oxygens (including phenoxy) is 1. The van der Waals surface area contributed by atoms with Crippen LogP contribution in [-0.4, -0.2) is 22.1 Å². The molecule has 0 fully saturated rings. The van der Waals surface area contributed by atoms with Crippen molar-refractivity contribution in [3.63, 3.8) is 0 Å². The molecule has 0 saturated carbocycles. The first-order valence-electron chi connectivity index (χ1n) is 9.40. The first-order chi connectivity index (χ1) is 13.9. The Labute approximate surface area is 168 Å². The molecule has 1 amide bonds. The van der Waals surface area contributed by atoms with Crippen molar-refractivity contribution in [3.8, 4) is 11.4 Å². The van der Waals surface area contributed by atoms with E-state index in [1.54, 1.807) is 36.4 Å². The zero-order chi connectivity index (χ0) is 21.0. The van der Waals surface area contributed by atoms with E-state index in [9.17, 15) is 14.4 Å². The third kappa shape index (κ3) is 4.45. The van der Waals surface area contributed by atoms with Gasteiger partial charge in [0.25, 0.3) is 11.5 Å². The van der Waals surface area contributed by atoms with Crippen LogP contribution in [0.4, 0.5) is 5.69 Å². The van der Waals surface area contributed by atoms with Gasteiger partial charge in [-0.25, -0.2) is 9.36 Å². The number of benzene rings is 2. The molecule has 2 aromatic carbocycles. The smallest absolute Gasteiger partial charge is 0.333 e. The van der Waals surface area contributed by atoms with Crippen molar-refractivity contribution >= 4 is 11.6 Å². The van der Waals surface area contributed by atoms with Crippen LogP contribution in [0.15, 0.2) is 64.3 Å². The molecule has 7 heteroatoms. The van der Waals surface area contributed by atoms with Crippen LogP contribution >= 0.6 is 0 Å². The van der Waals surface area contributed by atoms with Crippen molar-refractivity contribution in [1.82, 2.24) is 9.55 Å². The number of rotatable bonds is 6. The van der Waals surface area contributed by atoms with Crippen LogP contribution in [0.5, 0.6) is 5.75 Å². The molecule has 0 unspecified atom stereocenters. The van der Waals surface area contributed by atoms with E-state index in [-0.39, 0.29) is 5.56 Å². The molecule has 150 valence electrons. The number of aromatic amines is 1. The molecule has 0 radical (unpaired) electrons. The fourth-order valence-electron chi connectivity index (χ4n) is 2.88. The minimum absolute atomic E-state index is 0.161. The molecule has 0 saturated heterocycles. The van der Waals surface area contributed by atoms with Crippen molar-refractivity contribution < 1.29 is 9.53 Å². The molecule has 0 spiro atoms. The van der Waals surface area contributed by atoms with Gasteiger partial charge in [-0.1, -0.05) is 26.0 Å². The highest BCUT2D eigenvalue weighted by Gasteiger charge is 2.16. The van der Waals surface area contributed by atoms with E-state index in [0.29, 0.717) is 29.6 Å². The number of nitrogens with zero attached hydrogens (tertiary/aromatic N) is 1. The number of anilines is 1. The minimum Gasteiger partial charge on any atom is -0.494 e. The van der Waals surface area contributed by atoms with Crippen LogP contribution in [0.2, 0.25) is 0 Å². The average Bonchev–Trinajstić information content (AvgIpc) is 2.70. The highest BCUT2D eigenvalue weighted by atomic mass is 16.5. The maximum atomic E-state index is 12.8. The Morgan fingerprint density at radius 2 is 1.72 bits per heavy atom. The maximum Gasteiger partial charge on any atom is 0.333 e. The van der Waals surface area contributed by atoms with Crippen LogP contribution in [0, 0.1) is 0 Å². The zero-order valence-corrected chi connectivity index (χ0v) is 16.6. The lowest BCUT2D eigenvalue weighted by molar-refractivity contribution is 0.102. The van der Waals surface area contributed by atoms with Crippen LogP contribution in [0.25, 0.3) is 5.69 Å². The Bertz CT molecular complexity index is 1110. The van der Waals surface area contributed by atoms with Crippen molar-refractivity contribution in [2.75, 3.05) is 11.9 Å². The second kappa shape index (κ2) is 8.60. The summed E-state index contributed by atoms with van der Waals surface area (Å²) in [5.41, 5.74) is 0.566. The van der Waals surface area contributed by atoms with E-state index < -0.39 is 17.2 Å². The van der Waals surface area contributed by atoms with Crippen LogP contribution in [0.3, 0.4) is 0 Å². The molecule has 0 aliphatic carbocycles. The molecule has 0 aliphatic heterocycles. The number of hydrogen-bond acceptors (Lipinski definition) is 4. The third-order valence-electron chi connectivity index (χ3n) is 4.46. The van der Waals surface area contributed by atoms with Gasteiger partial charge in [-0.05, 0) is 54.8 Å². The largest absolute Gasteiger partial charge is 0.494 e. The molecule has 2 N–H and O–H groups in total. The van der Waals surface area contributed by atoms with E-state index in [0.717, 1.165) is 16.3 Å². The third-order valence-corrected chi connectivity index (χ3v) is 4.46. The number of carbonyl (C=O) groups excluding carboxylic acids is 1. The van der Waals surface area contributed by atoms with E-state index >= 15 is 0 Å². The van der Waals surface area contributed by atoms with Crippen molar-refractivity contribution in [1.29, 1.82) is 0 Å². The number of amides is 1. The Hall–Kier alpha value is -3.61. The van der Waals surface area contributed by atoms with Crippen molar-refractivity contribution in [3.05, 3.63) is 86.7 Å². The summed E-state index contributed by atoms with van der Waals surface area (Å²) in [5.74, 6) is 0.406. The molecular formula is C22H23N3O4. The van der Waals surface area contributed by atoms with Gasteiger partial charge in [0.15, 0.2) is 0 Å². The maximum absolute atomic E-state index is 12.8. The van der Waals surface area contributed by atoms with E-state index in [2.05, 4.69) is 24.1 Å². The Morgan fingerprint density at radius 3 is 2.31 bits per heavy atom. The molecular weight excluding hydrogens is 370 g/mol. The number of carbonyl (C=O) groups is 1. The first-order valence-corrected chi connectivity index (χ1v) is 9.40. The van der Waals surface area contributed by atoms with E-state index in [4.69, 9.17) is 4.74 Å². The Morgan fingerprint density at radius 1 is 1.07 bits per heavy atom. The SMILES string of the molecule is CCOc1ccc(-n2c(=O)[nH]cc(C(=O)Nc3ccc(C(C)C)cc3)c2=O)cc1. The fourth-order valence-corrected chi connectivity index (χ4v) is 2.88. The molecule has 3 rings (SSSR count). The second-order valence-corrected chi connectivity index (χ2v) is 6.81. The summed E-state index contributed by atoms with van der Waals surface area (Å²) in [6, 6.07) is 13.9. The van der Waals surface area contributed by atoms with Gasteiger partial charge in [-0.2, -0.15) is 0 Å². The lowest BCUT2D eigenvalue weighted by Crippen LogP contribution is -2.38. The monoisotopic (exact) mass is 393 g/mol. The molecule has 7 nitrogen and oxygen atoms in total. The summed E-state index contributed by atoms with van der Waals surface area (Å²) in [5, 5.41) is 2.69. The predicted octanol–water partition coefficient (Wildman–Crippen LogP) is 3.30.